The molecule has 6 nitrogen and oxygen atoms in total. The van der Waals surface area contributed by atoms with Crippen LogP contribution in [0.2, 0.25) is 0 Å². The number of benzene rings is 1. The number of methoxy groups -OCH3 is 1. The summed E-state index contributed by atoms with van der Waals surface area (Å²) in [5, 5.41) is 9.54. The van der Waals surface area contributed by atoms with E-state index in [1.165, 1.54) is 13.3 Å². The Labute approximate surface area is 128 Å². The highest BCUT2D eigenvalue weighted by atomic mass is 16.5. The lowest BCUT2D eigenvalue weighted by Crippen LogP contribution is -2.16. The maximum Gasteiger partial charge on any atom is 0.269 e. The van der Waals surface area contributed by atoms with Gasteiger partial charge in [0.1, 0.15) is 0 Å². The molecular weight excluding hydrogens is 282 g/mol. The summed E-state index contributed by atoms with van der Waals surface area (Å²) in [6.45, 7) is 0. The molecule has 1 amide bonds. The summed E-state index contributed by atoms with van der Waals surface area (Å²) in [5.41, 5.74) is 13.1. The molecule has 0 radical (unpaired) electrons. The number of nitrogen functional groups attached to an aromatic ring is 1. The summed E-state index contributed by atoms with van der Waals surface area (Å²) in [7, 11) is 1.49. The summed E-state index contributed by atoms with van der Waals surface area (Å²) < 4.78 is 5.05. The molecule has 2 aromatic rings. The molecule has 0 saturated carbocycles. The first-order chi connectivity index (χ1) is 10.5. The molecule has 1 aromatic carbocycles. The molecule has 1 aromatic heterocycles. The molecule has 5 N–H and O–H groups in total. The van der Waals surface area contributed by atoms with Gasteiger partial charge in [-0.25, -0.2) is 4.98 Å². The topological polar surface area (TPSA) is 111 Å². The third kappa shape index (κ3) is 3.35. The van der Waals surface area contributed by atoms with Gasteiger partial charge in [0, 0.05) is 6.20 Å². The monoisotopic (exact) mass is 299 g/mol. The van der Waals surface area contributed by atoms with E-state index in [0.717, 1.165) is 11.1 Å². The van der Waals surface area contributed by atoms with E-state index in [4.69, 9.17) is 16.2 Å². The van der Waals surface area contributed by atoms with Gasteiger partial charge in [-0.3, -0.25) is 4.79 Å². The molecule has 0 fully saturated rings. The van der Waals surface area contributed by atoms with Crippen LogP contribution in [0.5, 0.6) is 11.5 Å². The van der Waals surface area contributed by atoms with Gasteiger partial charge in [0.15, 0.2) is 17.2 Å². The molecule has 0 aliphatic rings. The summed E-state index contributed by atoms with van der Waals surface area (Å²) in [6, 6.07) is 6.78. The van der Waals surface area contributed by atoms with Crippen LogP contribution in [-0.4, -0.2) is 23.1 Å². The van der Waals surface area contributed by atoms with Gasteiger partial charge in [-0.05, 0) is 35.7 Å². The first kappa shape index (κ1) is 15.4. The highest BCUT2D eigenvalue weighted by molar-refractivity contribution is 5.96. The van der Waals surface area contributed by atoms with Gasteiger partial charge in [0.05, 0.1) is 12.8 Å². The Morgan fingerprint density at radius 2 is 2.18 bits per heavy atom. The Balaban J connectivity index is 2.16. The molecule has 1 heterocycles. The first-order valence-electron chi connectivity index (χ1n) is 6.59. The van der Waals surface area contributed by atoms with Crippen molar-refractivity contribution in [2.75, 3.05) is 12.8 Å². The molecule has 0 saturated heterocycles. The number of rotatable bonds is 5. The summed E-state index contributed by atoms with van der Waals surface area (Å²) in [4.78, 5) is 15.1. The number of anilines is 1. The molecule has 0 unspecified atom stereocenters. The predicted molar refractivity (Wildman–Crippen MR) is 84.6 cm³/mol. The van der Waals surface area contributed by atoms with Gasteiger partial charge in [0.25, 0.3) is 5.91 Å². The second kappa shape index (κ2) is 6.62. The second-order valence-corrected chi connectivity index (χ2v) is 4.63. The summed E-state index contributed by atoms with van der Waals surface area (Å²) in [5.74, 6) is -0.155. The van der Waals surface area contributed by atoms with Crippen LogP contribution >= 0.6 is 0 Å². The van der Waals surface area contributed by atoms with E-state index in [0.29, 0.717) is 17.9 Å². The second-order valence-electron chi connectivity index (χ2n) is 4.63. The number of phenols is 1. The smallest absolute Gasteiger partial charge is 0.269 e. The number of allylic oxidation sites excluding steroid dienone is 1. The Bertz CT molecular complexity index is 727. The average Bonchev–Trinajstić information content (AvgIpc) is 2.50. The first-order valence-corrected chi connectivity index (χ1v) is 6.59. The summed E-state index contributed by atoms with van der Waals surface area (Å²) >= 11 is 0. The van der Waals surface area contributed by atoms with E-state index in [-0.39, 0.29) is 11.4 Å². The number of ether oxygens (including phenoxy) is 1. The number of primary amides is 1. The van der Waals surface area contributed by atoms with Crippen molar-refractivity contribution in [2.24, 2.45) is 5.73 Å². The highest BCUT2D eigenvalue weighted by Gasteiger charge is 2.10. The maximum atomic E-state index is 11.2. The number of carbonyl (C=O) groups is 1. The van der Waals surface area contributed by atoms with Gasteiger partial charge in [0.2, 0.25) is 0 Å². The largest absolute Gasteiger partial charge is 0.504 e. The van der Waals surface area contributed by atoms with Crippen LogP contribution in [0.3, 0.4) is 0 Å². The summed E-state index contributed by atoms with van der Waals surface area (Å²) in [6.07, 6.45) is 5.79. The van der Waals surface area contributed by atoms with E-state index in [9.17, 15) is 9.90 Å². The van der Waals surface area contributed by atoms with Crippen molar-refractivity contribution in [3.63, 3.8) is 0 Å². The van der Waals surface area contributed by atoms with Crippen LogP contribution in [0.4, 0.5) is 5.69 Å². The van der Waals surface area contributed by atoms with Gasteiger partial charge < -0.3 is 21.3 Å². The van der Waals surface area contributed by atoms with Crippen LogP contribution in [0.25, 0.3) is 6.08 Å². The van der Waals surface area contributed by atoms with E-state index >= 15 is 0 Å². The van der Waals surface area contributed by atoms with E-state index < -0.39 is 5.91 Å². The average molecular weight is 299 g/mol. The van der Waals surface area contributed by atoms with Crippen molar-refractivity contribution in [1.29, 1.82) is 0 Å². The molecule has 6 heteroatoms. The van der Waals surface area contributed by atoms with Gasteiger partial charge in [-0.2, -0.15) is 0 Å². The molecule has 2 rings (SSSR count). The Kier molecular flexibility index (Phi) is 4.63. The Morgan fingerprint density at radius 3 is 2.86 bits per heavy atom. The van der Waals surface area contributed by atoms with Crippen molar-refractivity contribution in [1.82, 2.24) is 4.98 Å². The maximum absolute atomic E-state index is 11.2. The fourth-order valence-electron chi connectivity index (χ4n) is 2.01. The number of nitrogens with zero attached hydrogens (tertiary/aromatic N) is 1. The Morgan fingerprint density at radius 1 is 1.41 bits per heavy atom. The number of nitrogens with two attached hydrogens (primary N) is 2. The van der Waals surface area contributed by atoms with Gasteiger partial charge >= 0.3 is 0 Å². The number of aromatic nitrogens is 1. The van der Waals surface area contributed by atoms with Crippen molar-refractivity contribution >= 4 is 17.7 Å². The van der Waals surface area contributed by atoms with E-state index in [2.05, 4.69) is 4.98 Å². The fourth-order valence-corrected chi connectivity index (χ4v) is 2.01. The lowest BCUT2D eigenvalue weighted by atomic mass is 10.1. The molecular formula is C16H17N3O3. The number of carbonyl (C=O) groups excluding carboxylic acids is 1. The lowest BCUT2D eigenvalue weighted by Gasteiger charge is -2.06. The zero-order valence-electron chi connectivity index (χ0n) is 12.1. The minimum atomic E-state index is -0.647. The fraction of sp³-hybridized carbons (Fsp3) is 0.125. The number of hydrogen-bond donors (Lipinski definition) is 3. The van der Waals surface area contributed by atoms with Crippen molar-refractivity contribution in [2.45, 2.75) is 6.42 Å². The standard InChI is InChI=1S/C16H17N3O3/c1-22-13-9-10(5-6-12(13)20)3-2-4-11-7-8-19-15(14(11)17)16(18)21/h2-3,5-9,20H,4,17H2,1H3,(H2,18,21)/b3-2+. The van der Waals surface area contributed by atoms with Crippen molar-refractivity contribution in [3.05, 3.63) is 53.4 Å². The van der Waals surface area contributed by atoms with Crippen LogP contribution < -0.4 is 16.2 Å². The minimum Gasteiger partial charge on any atom is -0.504 e. The molecule has 22 heavy (non-hydrogen) atoms. The van der Waals surface area contributed by atoms with Crippen molar-refractivity contribution < 1.29 is 14.6 Å². The van der Waals surface area contributed by atoms with Crippen LogP contribution in [0, 0.1) is 0 Å². The van der Waals surface area contributed by atoms with Crippen LogP contribution in [-0.2, 0) is 6.42 Å². The number of pyridine rings is 1. The molecule has 0 bridgehead atoms. The number of hydrogen-bond acceptors (Lipinski definition) is 5. The zero-order valence-corrected chi connectivity index (χ0v) is 12.1. The van der Waals surface area contributed by atoms with E-state index in [1.807, 2.05) is 12.2 Å². The highest BCUT2D eigenvalue weighted by Crippen LogP contribution is 2.26. The van der Waals surface area contributed by atoms with Crippen LogP contribution in [0.1, 0.15) is 21.6 Å². The molecule has 0 spiro atoms. The third-order valence-electron chi connectivity index (χ3n) is 3.17. The lowest BCUT2D eigenvalue weighted by molar-refractivity contribution is 0.0996. The van der Waals surface area contributed by atoms with Crippen LogP contribution in [0.15, 0.2) is 36.5 Å². The minimum absolute atomic E-state index is 0.0807. The SMILES string of the molecule is COc1cc(/C=C/Cc2ccnc(C(N)=O)c2N)ccc1O. The molecule has 0 aliphatic heterocycles. The molecule has 114 valence electrons. The number of phenolic OH excluding ortho intramolecular Hbond substituents is 1. The number of aromatic hydroxyl groups is 1. The quantitative estimate of drug-likeness (QED) is 0.778. The third-order valence-corrected chi connectivity index (χ3v) is 3.17. The predicted octanol–water partition coefficient (Wildman–Crippen LogP) is 1.73. The molecule has 0 atom stereocenters. The number of amides is 1. The van der Waals surface area contributed by atoms with Gasteiger partial charge in [-0.15, -0.1) is 0 Å². The van der Waals surface area contributed by atoms with Gasteiger partial charge in [-0.1, -0.05) is 18.2 Å². The zero-order chi connectivity index (χ0) is 16.1. The normalized spacial score (nSPS) is 10.8. The molecule has 0 aliphatic carbocycles. The van der Waals surface area contributed by atoms with Crippen molar-refractivity contribution in [3.8, 4) is 11.5 Å². The Hall–Kier alpha value is -3.02. The van der Waals surface area contributed by atoms with E-state index in [1.54, 1.807) is 24.3 Å².